The van der Waals surface area contributed by atoms with E-state index < -0.39 is 21.6 Å². The van der Waals surface area contributed by atoms with Crippen LogP contribution in [0.4, 0.5) is 11.6 Å². The van der Waals surface area contributed by atoms with E-state index in [1.807, 2.05) is 0 Å². The number of nitrogens with zero attached hydrogens (tertiary/aromatic N) is 3. The van der Waals surface area contributed by atoms with Crippen molar-refractivity contribution in [2.75, 3.05) is 5.32 Å². The van der Waals surface area contributed by atoms with Gasteiger partial charge in [-0.3, -0.25) is 15.2 Å². The number of rotatable bonds is 7. The van der Waals surface area contributed by atoms with Gasteiger partial charge >= 0.3 is 5.69 Å². The minimum absolute atomic E-state index is 0.0268. The quantitative estimate of drug-likeness (QED) is 0.309. The number of hydrogen-bond donors (Lipinski definition) is 4. The van der Waals surface area contributed by atoms with Crippen LogP contribution in [0.1, 0.15) is 10.4 Å². The Balaban J connectivity index is 1.40. The molecule has 12 heteroatoms. The van der Waals surface area contributed by atoms with E-state index in [1.54, 1.807) is 54.7 Å². The first-order chi connectivity index (χ1) is 15.4. The first-order valence-electron chi connectivity index (χ1n) is 9.27. The maximum atomic E-state index is 12.3. The maximum absolute atomic E-state index is 12.3. The molecule has 0 saturated heterocycles. The fourth-order valence-electron chi connectivity index (χ4n) is 2.70. The van der Waals surface area contributed by atoms with Gasteiger partial charge in [0.05, 0.1) is 4.90 Å². The van der Waals surface area contributed by atoms with Crippen LogP contribution in [0.3, 0.4) is 0 Å². The number of carbonyl (C=O) groups is 1. The first kappa shape index (κ1) is 21.0. The Morgan fingerprint density at radius 1 is 0.938 bits per heavy atom. The molecule has 4 rings (SSSR count). The van der Waals surface area contributed by atoms with Gasteiger partial charge in [-0.25, -0.2) is 18.2 Å². The zero-order chi connectivity index (χ0) is 22.6. The molecule has 0 unspecified atom stereocenters. The lowest BCUT2D eigenvalue weighted by Gasteiger charge is -2.09. The molecule has 162 valence electrons. The van der Waals surface area contributed by atoms with Gasteiger partial charge in [-0.1, -0.05) is 24.3 Å². The van der Waals surface area contributed by atoms with E-state index in [2.05, 4.69) is 30.6 Å². The minimum Gasteiger partial charge on any atom is -0.324 e. The number of H-pyrrole nitrogens is 1. The van der Waals surface area contributed by atoms with E-state index in [-0.39, 0.29) is 16.4 Å². The number of aromatic amines is 1. The molecule has 0 saturated carbocycles. The molecule has 2 aromatic carbocycles. The summed E-state index contributed by atoms with van der Waals surface area (Å²) in [7, 11) is -3.88. The molecular weight excluding hydrogens is 434 g/mol. The standard InChI is InChI=1S/C20H17N7O4S/c28-18(24-26-32(30,31)16-6-2-1-3-7-16)14-9-11-15(12-10-14)22-19-23-20(29)27(25-19)17-8-4-5-13-21-17/h1-13,26H,(H,24,28)(H2,22,23,25,29). The van der Waals surface area contributed by atoms with Crippen LogP contribution in [0, 0.1) is 0 Å². The molecule has 2 heterocycles. The zero-order valence-electron chi connectivity index (χ0n) is 16.4. The molecule has 0 aliphatic carbocycles. The van der Waals surface area contributed by atoms with Gasteiger partial charge in [-0.05, 0) is 48.5 Å². The number of hydrazine groups is 1. The second kappa shape index (κ2) is 8.83. The monoisotopic (exact) mass is 451 g/mol. The number of benzene rings is 2. The third-order valence-corrected chi connectivity index (χ3v) is 5.51. The van der Waals surface area contributed by atoms with Crippen LogP contribution in [-0.2, 0) is 10.0 Å². The summed E-state index contributed by atoms with van der Waals surface area (Å²) in [6.45, 7) is 0. The first-order valence-corrected chi connectivity index (χ1v) is 10.8. The Kier molecular flexibility index (Phi) is 5.79. The van der Waals surface area contributed by atoms with Gasteiger partial charge in [0.2, 0.25) is 5.95 Å². The summed E-state index contributed by atoms with van der Waals surface area (Å²) in [5.74, 6) is -0.0795. The van der Waals surface area contributed by atoms with Crippen LogP contribution in [0.15, 0.2) is 88.7 Å². The maximum Gasteiger partial charge on any atom is 0.350 e. The van der Waals surface area contributed by atoms with E-state index in [9.17, 15) is 18.0 Å². The number of carbonyl (C=O) groups excluding carboxylic acids is 1. The van der Waals surface area contributed by atoms with Crippen molar-refractivity contribution in [3.05, 3.63) is 95.0 Å². The molecular formula is C20H17N7O4S. The van der Waals surface area contributed by atoms with Gasteiger partial charge in [-0.2, -0.15) is 4.68 Å². The normalized spacial score (nSPS) is 11.1. The number of anilines is 2. The lowest BCUT2D eigenvalue weighted by Crippen LogP contribution is -2.41. The molecule has 0 atom stereocenters. The summed E-state index contributed by atoms with van der Waals surface area (Å²) in [6.07, 6.45) is 1.55. The van der Waals surface area contributed by atoms with E-state index in [1.165, 1.54) is 24.3 Å². The van der Waals surface area contributed by atoms with E-state index in [0.717, 1.165) is 4.68 Å². The van der Waals surface area contributed by atoms with Gasteiger partial charge in [-0.15, -0.1) is 9.93 Å². The van der Waals surface area contributed by atoms with Crippen molar-refractivity contribution >= 4 is 27.6 Å². The van der Waals surface area contributed by atoms with Crippen molar-refractivity contribution in [1.82, 2.24) is 30.0 Å². The predicted molar refractivity (Wildman–Crippen MR) is 116 cm³/mol. The molecule has 0 aliphatic rings. The van der Waals surface area contributed by atoms with Crippen molar-refractivity contribution in [3.8, 4) is 5.82 Å². The van der Waals surface area contributed by atoms with Crippen molar-refractivity contribution in [3.63, 3.8) is 0 Å². The summed E-state index contributed by atoms with van der Waals surface area (Å²) in [6, 6.07) is 18.9. The molecule has 0 radical (unpaired) electrons. The Morgan fingerprint density at radius 2 is 1.66 bits per heavy atom. The third-order valence-electron chi connectivity index (χ3n) is 4.25. The topological polar surface area (TPSA) is 151 Å². The van der Waals surface area contributed by atoms with E-state index in [4.69, 9.17) is 0 Å². The number of pyridine rings is 1. The molecule has 0 bridgehead atoms. The summed E-state index contributed by atoms with van der Waals surface area (Å²) in [5, 5.41) is 7.06. The average Bonchev–Trinajstić information content (AvgIpc) is 3.19. The van der Waals surface area contributed by atoms with Crippen LogP contribution in [0.2, 0.25) is 0 Å². The van der Waals surface area contributed by atoms with Crippen molar-refractivity contribution in [1.29, 1.82) is 0 Å². The van der Waals surface area contributed by atoms with E-state index >= 15 is 0 Å². The Morgan fingerprint density at radius 3 is 2.34 bits per heavy atom. The van der Waals surface area contributed by atoms with Gasteiger partial charge in [0.25, 0.3) is 15.9 Å². The molecule has 32 heavy (non-hydrogen) atoms. The number of aromatic nitrogens is 4. The minimum atomic E-state index is -3.88. The fourth-order valence-corrected chi connectivity index (χ4v) is 3.56. The molecule has 0 aliphatic heterocycles. The molecule has 11 nitrogen and oxygen atoms in total. The van der Waals surface area contributed by atoms with Crippen molar-refractivity contribution in [2.24, 2.45) is 0 Å². The number of nitrogens with one attached hydrogen (secondary N) is 4. The molecule has 2 aromatic heterocycles. The van der Waals surface area contributed by atoms with Crippen LogP contribution in [0.5, 0.6) is 0 Å². The Hall–Kier alpha value is -4.29. The predicted octanol–water partition coefficient (Wildman–Crippen LogP) is 1.32. The van der Waals surface area contributed by atoms with Crippen LogP contribution in [-0.4, -0.2) is 34.1 Å². The summed E-state index contributed by atoms with van der Waals surface area (Å²) < 4.78 is 25.5. The smallest absolute Gasteiger partial charge is 0.324 e. The molecule has 4 aromatic rings. The molecule has 0 spiro atoms. The third kappa shape index (κ3) is 4.71. The van der Waals surface area contributed by atoms with Crippen LogP contribution < -0.4 is 21.3 Å². The van der Waals surface area contributed by atoms with Gasteiger partial charge in [0, 0.05) is 17.4 Å². The lowest BCUT2D eigenvalue weighted by atomic mass is 10.2. The van der Waals surface area contributed by atoms with Gasteiger partial charge in [0.15, 0.2) is 5.82 Å². The highest BCUT2D eigenvalue weighted by Crippen LogP contribution is 2.14. The van der Waals surface area contributed by atoms with Gasteiger partial charge < -0.3 is 5.32 Å². The average molecular weight is 451 g/mol. The largest absolute Gasteiger partial charge is 0.350 e. The summed E-state index contributed by atoms with van der Waals surface area (Å²) >= 11 is 0. The van der Waals surface area contributed by atoms with Crippen molar-refractivity contribution in [2.45, 2.75) is 4.90 Å². The summed E-state index contributed by atoms with van der Waals surface area (Å²) in [4.78, 5) is 33.1. The zero-order valence-corrected chi connectivity index (χ0v) is 17.2. The Bertz CT molecular complexity index is 1380. The summed E-state index contributed by atoms with van der Waals surface area (Å²) in [5.41, 5.74) is 2.47. The molecule has 0 fully saturated rings. The second-order valence-corrected chi connectivity index (χ2v) is 8.14. The number of amides is 1. The van der Waals surface area contributed by atoms with Gasteiger partial charge in [0.1, 0.15) is 0 Å². The van der Waals surface area contributed by atoms with Crippen molar-refractivity contribution < 1.29 is 13.2 Å². The fraction of sp³-hybridized carbons (Fsp3) is 0. The lowest BCUT2D eigenvalue weighted by molar-refractivity contribution is 0.0945. The molecule has 1 amide bonds. The number of sulfonamides is 1. The highest BCUT2D eigenvalue weighted by atomic mass is 32.2. The van der Waals surface area contributed by atoms with Crippen LogP contribution in [0.25, 0.3) is 5.82 Å². The second-order valence-electron chi connectivity index (χ2n) is 6.45. The highest BCUT2D eigenvalue weighted by molar-refractivity contribution is 7.89. The SMILES string of the molecule is O=C(NNS(=O)(=O)c1ccccc1)c1ccc(Nc2nn(-c3ccccn3)c(=O)[nH]2)cc1. The van der Waals surface area contributed by atoms with E-state index in [0.29, 0.717) is 11.5 Å². The Labute approximate surface area is 182 Å². The highest BCUT2D eigenvalue weighted by Gasteiger charge is 2.15. The molecule has 4 N–H and O–H groups in total. The number of hydrogen-bond acceptors (Lipinski definition) is 7. The van der Waals surface area contributed by atoms with Crippen LogP contribution >= 0.6 is 0 Å².